The molecule has 1 atom stereocenters. The van der Waals surface area contributed by atoms with Crippen molar-refractivity contribution in [3.8, 4) is 5.75 Å². The minimum absolute atomic E-state index is 0.0453. The first kappa shape index (κ1) is 9.99. The van der Waals surface area contributed by atoms with Crippen LogP contribution in [-0.4, -0.2) is 5.11 Å². The summed E-state index contributed by atoms with van der Waals surface area (Å²) in [6, 6.07) is 5.51. The Balaban J connectivity index is 2.16. The summed E-state index contributed by atoms with van der Waals surface area (Å²) in [5, 5.41) is 9.50. The molecule has 1 aromatic rings. The van der Waals surface area contributed by atoms with Crippen molar-refractivity contribution in [2.75, 3.05) is 0 Å². The molecule has 76 valence electrons. The van der Waals surface area contributed by atoms with Gasteiger partial charge in [-0.25, -0.2) is 0 Å². The van der Waals surface area contributed by atoms with Crippen LogP contribution >= 0.6 is 15.9 Å². The third-order valence-electron chi connectivity index (χ3n) is 2.69. The number of benzene rings is 1. The zero-order chi connectivity index (χ0) is 10.1. The summed E-state index contributed by atoms with van der Waals surface area (Å²) in [5.41, 5.74) is 7.08. The number of phenolic OH excluding ortho intramolecular Hbond substituents is 1. The lowest BCUT2D eigenvalue weighted by Crippen LogP contribution is -2.11. The summed E-state index contributed by atoms with van der Waals surface area (Å²) in [6.45, 7) is 0. The number of nitrogens with two attached hydrogens (primary N) is 1. The molecule has 1 fully saturated rings. The average Bonchev–Trinajstić information content (AvgIpc) is 2.93. The number of hydrogen-bond acceptors (Lipinski definition) is 2. The van der Waals surface area contributed by atoms with Gasteiger partial charge in [0, 0.05) is 6.04 Å². The smallest absolute Gasteiger partial charge is 0.130 e. The topological polar surface area (TPSA) is 46.2 Å². The number of halogens is 1. The van der Waals surface area contributed by atoms with E-state index in [1.807, 2.05) is 12.1 Å². The van der Waals surface area contributed by atoms with Crippen LogP contribution in [0.15, 0.2) is 22.7 Å². The van der Waals surface area contributed by atoms with Crippen molar-refractivity contribution in [2.45, 2.75) is 25.3 Å². The molecule has 1 aromatic carbocycles. The zero-order valence-electron chi connectivity index (χ0n) is 7.91. The van der Waals surface area contributed by atoms with E-state index in [0.29, 0.717) is 0 Å². The second-order valence-electron chi connectivity index (χ2n) is 3.97. The van der Waals surface area contributed by atoms with Crippen molar-refractivity contribution in [1.29, 1.82) is 0 Å². The van der Waals surface area contributed by atoms with Crippen molar-refractivity contribution in [3.63, 3.8) is 0 Å². The Morgan fingerprint density at radius 2 is 2.21 bits per heavy atom. The lowest BCUT2D eigenvalue weighted by molar-refractivity contribution is 0.468. The summed E-state index contributed by atoms with van der Waals surface area (Å²) in [7, 11) is 0. The fourth-order valence-electron chi connectivity index (χ4n) is 1.66. The van der Waals surface area contributed by atoms with Crippen LogP contribution in [0.3, 0.4) is 0 Å². The van der Waals surface area contributed by atoms with E-state index in [9.17, 15) is 5.11 Å². The summed E-state index contributed by atoms with van der Waals surface area (Å²) in [6.07, 6.45) is 3.65. The van der Waals surface area contributed by atoms with Gasteiger partial charge in [-0.1, -0.05) is 25.0 Å². The Bertz CT molecular complexity index is 336. The highest BCUT2D eigenvalue weighted by molar-refractivity contribution is 9.10. The van der Waals surface area contributed by atoms with Crippen LogP contribution < -0.4 is 5.73 Å². The zero-order valence-corrected chi connectivity index (χ0v) is 9.50. The van der Waals surface area contributed by atoms with Gasteiger partial charge in [-0.05, 0) is 39.9 Å². The van der Waals surface area contributed by atoms with Gasteiger partial charge in [-0.3, -0.25) is 0 Å². The van der Waals surface area contributed by atoms with Gasteiger partial charge in [-0.2, -0.15) is 0 Å². The van der Waals surface area contributed by atoms with Gasteiger partial charge in [0.1, 0.15) is 5.75 Å². The third kappa shape index (κ3) is 2.10. The number of aromatic hydroxyl groups is 1. The molecule has 0 spiro atoms. The Morgan fingerprint density at radius 1 is 1.50 bits per heavy atom. The van der Waals surface area contributed by atoms with E-state index in [0.717, 1.165) is 22.4 Å². The molecular weight excluding hydrogens is 242 g/mol. The normalized spacial score (nSPS) is 18.1. The molecule has 14 heavy (non-hydrogen) atoms. The highest BCUT2D eigenvalue weighted by Crippen LogP contribution is 2.39. The first-order valence-electron chi connectivity index (χ1n) is 4.91. The van der Waals surface area contributed by atoms with Crippen LogP contribution in [0.2, 0.25) is 0 Å². The molecule has 0 aliphatic heterocycles. The van der Waals surface area contributed by atoms with E-state index < -0.39 is 0 Å². The highest BCUT2D eigenvalue weighted by atomic mass is 79.9. The van der Waals surface area contributed by atoms with Crippen molar-refractivity contribution < 1.29 is 5.11 Å². The van der Waals surface area contributed by atoms with Crippen molar-refractivity contribution in [1.82, 2.24) is 0 Å². The minimum Gasteiger partial charge on any atom is -0.507 e. The molecule has 1 aliphatic rings. The monoisotopic (exact) mass is 255 g/mol. The predicted octanol–water partition coefficient (Wildman–Crippen LogP) is 2.95. The Kier molecular flexibility index (Phi) is 2.79. The SMILES string of the molecule is NC(CC1CC1)c1cccc(O)c1Br. The molecule has 0 bridgehead atoms. The van der Waals surface area contributed by atoms with E-state index in [1.165, 1.54) is 12.8 Å². The first-order chi connectivity index (χ1) is 6.68. The molecule has 3 heteroatoms. The van der Waals surface area contributed by atoms with Crippen LogP contribution in [0.25, 0.3) is 0 Å². The van der Waals surface area contributed by atoms with Gasteiger partial charge in [0.2, 0.25) is 0 Å². The molecule has 2 nitrogen and oxygen atoms in total. The van der Waals surface area contributed by atoms with Gasteiger partial charge < -0.3 is 10.8 Å². The van der Waals surface area contributed by atoms with Gasteiger partial charge in [0.15, 0.2) is 0 Å². The van der Waals surface area contributed by atoms with Gasteiger partial charge in [0.05, 0.1) is 4.47 Å². The second-order valence-corrected chi connectivity index (χ2v) is 4.76. The summed E-state index contributed by atoms with van der Waals surface area (Å²) in [5.74, 6) is 1.08. The number of rotatable bonds is 3. The van der Waals surface area contributed by atoms with Crippen LogP contribution in [0, 0.1) is 5.92 Å². The largest absolute Gasteiger partial charge is 0.507 e. The van der Waals surface area contributed by atoms with E-state index in [4.69, 9.17) is 5.73 Å². The van der Waals surface area contributed by atoms with Crippen molar-refractivity contribution in [3.05, 3.63) is 28.2 Å². The van der Waals surface area contributed by atoms with Crippen LogP contribution in [0.1, 0.15) is 30.9 Å². The molecule has 1 unspecified atom stereocenters. The number of hydrogen-bond donors (Lipinski definition) is 2. The summed E-state index contributed by atoms with van der Waals surface area (Å²) >= 11 is 3.36. The van der Waals surface area contributed by atoms with Gasteiger partial charge in [0.25, 0.3) is 0 Å². The maximum atomic E-state index is 9.50. The lowest BCUT2D eigenvalue weighted by Gasteiger charge is -2.13. The maximum Gasteiger partial charge on any atom is 0.130 e. The first-order valence-corrected chi connectivity index (χ1v) is 5.70. The van der Waals surface area contributed by atoms with E-state index in [2.05, 4.69) is 15.9 Å². The molecule has 3 N–H and O–H groups in total. The molecule has 0 aromatic heterocycles. The summed E-state index contributed by atoms with van der Waals surface area (Å²) < 4.78 is 0.744. The van der Waals surface area contributed by atoms with Crippen LogP contribution in [0.4, 0.5) is 0 Å². The third-order valence-corrected chi connectivity index (χ3v) is 3.56. The van der Waals surface area contributed by atoms with Crippen LogP contribution in [-0.2, 0) is 0 Å². The minimum atomic E-state index is 0.0453. The number of phenols is 1. The molecule has 0 heterocycles. The second kappa shape index (κ2) is 3.91. The molecule has 2 rings (SSSR count). The van der Waals surface area contributed by atoms with E-state index in [-0.39, 0.29) is 11.8 Å². The fraction of sp³-hybridized carbons (Fsp3) is 0.455. The van der Waals surface area contributed by atoms with Gasteiger partial charge in [-0.15, -0.1) is 0 Å². The molecule has 1 aliphatic carbocycles. The molecule has 0 amide bonds. The Morgan fingerprint density at radius 3 is 2.86 bits per heavy atom. The Hall–Kier alpha value is -0.540. The highest BCUT2D eigenvalue weighted by Gasteiger charge is 2.25. The lowest BCUT2D eigenvalue weighted by atomic mass is 10.0. The van der Waals surface area contributed by atoms with E-state index >= 15 is 0 Å². The Labute approximate surface area is 92.3 Å². The summed E-state index contributed by atoms with van der Waals surface area (Å²) in [4.78, 5) is 0. The predicted molar refractivity (Wildman–Crippen MR) is 60.1 cm³/mol. The van der Waals surface area contributed by atoms with Gasteiger partial charge >= 0.3 is 0 Å². The molecule has 0 radical (unpaired) electrons. The van der Waals surface area contributed by atoms with Crippen LogP contribution in [0.5, 0.6) is 5.75 Å². The van der Waals surface area contributed by atoms with E-state index in [1.54, 1.807) is 6.07 Å². The van der Waals surface area contributed by atoms with Crippen molar-refractivity contribution >= 4 is 15.9 Å². The quantitative estimate of drug-likeness (QED) is 0.873. The maximum absolute atomic E-state index is 9.50. The fourth-order valence-corrected chi connectivity index (χ4v) is 2.22. The van der Waals surface area contributed by atoms with Crippen molar-refractivity contribution in [2.24, 2.45) is 11.7 Å². The molecule has 1 saturated carbocycles. The average molecular weight is 256 g/mol. The molecule has 0 saturated heterocycles. The molecular formula is C11H14BrNO. The standard InChI is InChI=1S/C11H14BrNO/c12-11-8(2-1-3-10(11)14)9(13)6-7-4-5-7/h1-3,7,9,14H,4-6,13H2.